The number of carbonyl (C=O) groups is 1. The first kappa shape index (κ1) is 14.1. The number of benzene rings is 1. The van der Waals surface area contributed by atoms with Crippen LogP contribution in [-0.2, 0) is 25.3 Å². The minimum absolute atomic E-state index is 0.311. The molecule has 0 spiro atoms. The van der Waals surface area contributed by atoms with Crippen molar-refractivity contribution in [3.05, 3.63) is 35.9 Å². The van der Waals surface area contributed by atoms with Gasteiger partial charge >= 0.3 is 13.3 Å². The van der Waals surface area contributed by atoms with Crippen molar-refractivity contribution < 1.29 is 18.7 Å². The van der Waals surface area contributed by atoms with E-state index in [9.17, 15) is 9.36 Å². The van der Waals surface area contributed by atoms with Crippen LogP contribution in [0.3, 0.4) is 0 Å². The zero-order valence-corrected chi connectivity index (χ0v) is 10.8. The van der Waals surface area contributed by atoms with E-state index >= 15 is 0 Å². The van der Waals surface area contributed by atoms with Crippen molar-refractivity contribution in [1.29, 1.82) is 0 Å². The van der Waals surface area contributed by atoms with Crippen LogP contribution in [0.2, 0.25) is 0 Å². The van der Waals surface area contributed by atoms with Crippen LogP contribution in [0.4, 0.5) is 0 Å². The average molecular weight is 277 g/mol. The highest BCUT2D eigenvalue weighted by Crippen LogP contribution is 2.28. The topological polar surface area (TPSA) is 64.6 Å². The fraction of sp³-hybridized carbons (Fsp3) is 0.300. The van der Waals surface area contributed by atoms with Crippen molar-refractivity contribution in [1.82, 2.24) is 5.48 Å². The molecule has 7 heteroatoms. The summed E-state index contributed by atoms with van der Waals surface area (Å²) in [5.41, 5.74) is 3.44. The first-order valence-electron chi connectivity index (χ1n) is 4.85. The van der Waals surface area contributed by atoms with Gasteiger partial charge in [0.15, 0.2) is 0 Å². The SMILES string of the molecule is C[C@H](NOCc1ccccc1)C(=O)O[P](=O)Cl. The molecule has 0 amide bonds. The molecule has 2 atom stereocenters. The number of hydrogen-bond donors (Lipinski definition) is 1. The van der Waals surface area contributed by atoms with Gasteiger partial charge in [0.1, 0.15) is 6.04 Å². The smallest absolute Gasteiger partial charge is 0.370 e. The minimum atomic E-state index is -2.45. The molecule has 0 aliphatic heterocycles. The maximum absolute atomic E-state index is 11.2. The molecule has 0 aliphatic carbocycles. The Balaban J connectivity index is 2.27. The summed E-state index contributed by atoms with van der Waals surface area (Å²) < 4.78 is 14.8. The van der Waals surface area contributed by atoms with Crippen LogP contribution in [0, 0.1) is 0 Å². The van der Waals surface area contributed by atoms with Crippen LogP contribution < -0.4 is 5.48 Å². The van der Waals surface area contributed by atoms with Gasteiger partial charge in [0.2, 0.25) is 0 Å². The van der Waals surface area contributed by atoms with Crippen LogP contribution in [0.25, 0.3) is 0 Å². The van der Waals surface area contributed by atoms with Crippen molar-refractivity contribution in [2.24, 2.45) is 0 Å². The second kappa shape index (κ2) is 7.35. The van der Waals surface area contributed by atoms with Crippen molar-refractivity contribution in [2.45, 2.75) is 19.6 Å². The highest BCUT2D eigenvalue weighted by Gasteiger charge is 2.16. The summed E-state index contributed by atoms with van der Waals surface area (Å²) in [4.78, 5) is 16.3. The van der Waals surface area contributed by atoms with Gasteiger partial charge in [-0.15, -0.1) is 0 Å². The Kier molecular flexibility index (Phi) is 6.08. The molecular weight excluding hydrogens is 265 g/mol. The average Bonchev–Trinajstić information content (AvgIpc) is 2.29. The molecule has 0 saturated carbocycles. The second-order valence-corrected chi connectivity index (χ2v) is 4.67. The number of hydroxylamine groups is 1. The van der Waals surface area contributed by atoms with Gasteiger partial charge in [0, 0.05) is 11.2 Å². The molecule has 0 saturated heterocycles. The maximum Gasteiger partial charge on any atom is 0.375 e. The third kappa shape index (κ3) is 5.75. The normalized spacial score (nSPS) is 12.9. The molecule has 5 nitrogen and oxygen atoms in total. The monoisotopic (exact) mass is 276 g/mol. The predicted octanol–water partition coefficient (Wildman–Crippen LogP) is 2.54. The van der Waals surface area contributed by atoms with Crippen molar-refractivity contribution >= 4 is 24.6 Å². The zero-order chi connectivity index (χ0) is 12.7. The predicted molar refractivity (Wildman–Crippen MR) is 63.4 cm³/mol. The summed E-state index contributed by atoms with van der Waals surface area (Å²) in [5.74, 6) is -0.728. The van der Waals surface area contributed by atoms with Crippen molar-refractivity contribution in [3.63, 3.8) is 0 Å². The van der Waals surface area contributed by atoms with E-state index in [0.29, 0.717) is 6.61 Å². The fourth-order valence-electron chi connectivity index (χ4n) is 1.02. The molecule has 0 aliphatic rings. The quantitative estimate of drug-likeness (QED) is 0.639. The van der Waals surface area contributed by atoms with Gasteiger partial charge in [-0.1, -0.05) is 30.3 Å². The van der Waals surface area contributed by atoms with Gasteiger partial charge in [-0.05, 0) is 12.5 Å². The van der Waals surface area contributed by atoms with E-state index in [-0.39, 0.29) is 0 Å². The van der Waals surface area contributed by atoms with Crippen molar-refractivity contribution in [2.75, 3.05) is 0 Å². The Morgan fingerprint density at radius 3 is 2.71 bits per heavy atom. The zero-order valence-electron chi connectivity index (χ0n) is 9.13. The highest BCUT2D eigenvalue weighted by atomic mass is 35.7. The number of hydrogen-bond acceptors (Lipinski definition) is 5. The Morgan fingerprint density at radius 1 is 1.47 bits per heavy atom. The largest absolute Gasteiger partial charge is 0.375 e. The van der Waals surface area contributed by atoms with E-state index in [1.165, 1.54) is 6.92 Å². The summed E-state index contributed by atoms with van der Waals surface area (Å²) >= 11 is 5.04. The first-order chi connectivity index (χ1) is 8.09. The van der Waals surface area contributed by atoms with Gasteiger partial charge in [0.05, 0.1) is 6.61 Å². The third-order valence-electron chi connectivity index (χ3n) is 1.86. The van der Waals surface area contributed by atoms with Gasteiger partial charge in [-0.3, -0.25) is 4.84 Å². The number of halogens is 1. The second-order valence-electron chi connectivity index (χ2n) is 3.24. The lowest BCUT2D eigenvalue weighted by atomic mass is 10.2. The van der Waals surface area contributed by atoms with E-state index in [0.717, 1.165) is 5.56 Å². The molecule has 0 fully saturated rings. The lowest BCUT2D eigenvalue weighted by Gasteiger charge is -2.11. The summed E-state index contributed by atoms with van der Waals surface area (Å²) in [6.07, 6.45) is 0. The molecular formula is C10H12ClNO4P. The molecule has 0 aromatic heterocycles. The Hall–Kier alpha value is -1.00. The molecule has 1 radical (unpaired) electrons. The van der Waals surface area contributed by atoms with Gasteiger partial charge < -0.3 is 4.52 Å². The van der Waals surface area contributed by atoms with Crippen LogP contribution in [0.1, 0.15) is 12.5 Å². The fourth-order valence-corrected chi connectivity index (χ4v) is 1.53. The summed E-state index contributed by atoms with van der Waals surface area (Å²) in [6.45, 7) is 1.83. The molecule has 0 bridgehead atoms. The summed E-state index contributed by atoms with van der Waals surface area (Å²) in [6, 6.07) is 8.70. The number of nitrogens with one attached hydrogen (secondary N) is 1. The molecule has 1 aromatic carbocycles. The van der Waals surface area contributed by atoms with Gasteiger partial charge in [-0.25, -0.2) is 9.36 Å². The third-order valence-corrected chi connectivity index (χ3v) is 2.39. The van der Waals surface area contributed by atoms with E-state index in [1.807, 2.05) is 30.3 Å². The maximum atomic E-state index is 11.2. The lowest BCUT2D eigenvalue weighted by Crippen LogP contribution is -2.34. The molecule has 93 valence electrons. The Labute approximate surface area is 105 Å². The first-order valence-corrected chi connectivity index (χ1v) is 6.94. The molecule has 1 N–H and O–H groups in total. The number of rotatable bonds is 6. The Bertz CT molecular complexity index is 387. The van der Waals surface area contributed by atoms with Crippen molar-refractivity contribution in [3.8, 4) is 0 Å². The number of carbonyl (C=O) groups excluding carboxylic acids is 1. The molecule has 1 rings (SSSR count). The van der Waals surface area contributed by atoms with Crippen LogP contribution in [0.15, 0.2) is 30.3 Å². The van der Waals surface area contributed by atoms with Crippen LogP contribution in [-0.4, -0.2) is 12.0 Å². The summed E-state index contributed by atoms with van der Waals surface area (Å²) in [7, 11) is -2.45. The van der Waals surface area contributed by atoms with Gasteiger partial charge in [-0.2, -0.15) is 5.48 Å². The van der Waals surface area contributed by atoms with E-state index in [1.54, 1.807) is 0 Å². The lowest BCUT2D eigenvalue weighted by molar-refractivity contribution is -0.140. The molecule has 17 heavy (non-hydrogen) atoms. The van der Waals surface area contributed by atoms with E-state index in [2.05, 4.69) is 10.0 Å². The van der Waals surface area contributed by atoms with E-state index in [4.69, 9.17) is 16.1 Å². The highest BCUT2D eigenvalue weighted by molar-refractivity contribution is 7.70. The van der Waals surface area contributed by atoms with E-state index < -0.39 is 19.4 Å². The minimum Gasteiger partial charge on any atom is -0.370 e. The van der Waals surface area contributed by atoms with Crippen LogP contribution in [0.5, 0.6) is 0 Å². The molecule has 0 heterocycles. The summed E-state index contributed by atoms with van der Waals surface area (Å²) in [5, 5.41) is 0. The van der Waals surface area contributed by atoms with Crippen LogP contribution >= 0.6 is 18.6 Å². The standard InChI is InChI=1S/C10H12ClNO4P/c1-8(10(13)16-17(11)14)12-15-7-9-5-3-2-4-6-9/h2-6,8,12H,7H2,1H3/t8-/m0/s1. The molecule has 1 unspecified atom stereocenters. The molecule has 1 aromatic rings. The van der Waals surface area contributed by atoms with Gasteiger partial charge in [0.25, 0.3) is 0 Å². The Morgan fingerprint density at radius 2 is 2.12 bits per heavy atom.